The van der Waals surface area contributed by atoms with E-state index in [0.717, 1.165) is 27.9 Å². The molecule has 0 spiro atoms. The van der Waals surface area contributed by atoms with Crippen molar-refractivity contribution in [3.8, 4) is 0 Å². The van der Waals surface area contributed by atoms with E-state index in [0.29, 0.717) is 6.42 Å². The molecule has 0 aromatic carbocycles. The quantitative estimate of drug-likeness (QED) is 0.804. The van der Waals surface area contributed by atoms with Gasteiger partial charge in [0.25, 0.3) is 0 Å². The number of carbonyl (C=O) groups excluding carboxylic acids is 1. The molecule has 1 aliphatic rings. The van der Waals surface area contributed by atoms with Gasteiger partial charge in [0.1, 0.15) is 0 Å². The lowest BCUT2D eigenvalue weighted by atomic mass is 10.1. The van der Waals surface area contributed by atoms with Gasteiger partial charge in [0, 0.05) is 21.2 Å². The standard InChI is InChI=1S/C14H12BrNOS/c15-10-4-5-11(16-8-10)7-12(17)14-6-9-2-1-3-13(9)18-14/h4-6,8H,1-3,7H2. The van der Waals surface area contributed by atoms with Crippen LogP contribution in [0.2, 0.25) is 0 Å². The number of rotatable bonds is 3. The third-order valence-corrected chi connectivity index (χ3v) is 4.90. The van der Waals surface area contributed by atoms with E-state index < -0.39 is 0 Å². The van der Waals surface area contributed by atoms with Gasteiger partial charge in [-0.25, -0.2) is 0 Å². The average molecular weight is 322 g/mol. The number of Topliss-reactive ketones (excluding diaryl/α,β-unsaturated/α-hetero) is 1. The van der Waals surface area contributed by atoms with Crippen molar-refractivity contribution in [3.63, 3.8) is 0 Å². The molecule has 0 radical (unpaired) electrons. The molecule has 4 heteroatoms. The maximum Gasteiger partial charge on any atom is 0.178 e. The van der Waals surface area contributed by atoms with E-state index in [-0.39, 0.29) is 5.78 Å². The van der Waals surface area contributed by atoms with E-state index in [1.807, 2.05) is 12.1 Å². The van der Waals surface area contributed by atoms with Crippen molar-refractivity contribution >= 4 is 33.0 Å². The van der Waals surface area contributed by atoms with E-state index in [9.17, 15) is 4.79 Å². The summed E-state index contributed by atoms with van der Waals surface area (Å²) in [6.07, 6.45) is 5.65. The van der Waals surface area contributed by atoms with Crippen LogP contribution in [0.15, 0.2) is 28.9 Å². The molecule has 92 valence electrons. The Bertz CT molecular complexity index is 567. The van der Waals surface area contributed by atoms with Gasteiger partial charge in [0.05, 0.1) is 11.3 Å². The summed E-state index contributed by atoms with van der Waals surface area (Å²) in [5.41, 5.74) is 2.21. The van der Waals surface area contributed by atoms with Crippen molar-refractivity contribution in [2.75, 3.05) is 0 Å². The lowest BCUT2D eigenvalue weighted by Gasteiger charge is -1.99. The van der Waals surface area contributed by atoms with Crippen LogP contribution in [-0.2, 0) is 19.3 Å². The highest BCUT2D eigenvalue weighted by atomic mass is 79.9. The van der Waals surface area contributed by atoms with Crippen LogP contribution in [0.4, 0.5) is 0 Å². The number of halogens is 1. The van der Waals surface area contributed by atoms with Crippen molar-refractivity contribution in [1.29, 1.82) is 0 Å². The minimum Gasteiger partial charge on any atom is -0.293 e. The molecule has 0 aliphatic heterocycles. The van der Waals surface area contributed by atoms with Gasteiger partial charge in [-0.05, 0) is 59.0 Å². The lowest BCUT2D eigenvalue weighted by Crippen LogP contribution is -2.02. The number of thiophene rings is 1. The monoisotopic (exact) mass is 321 g/mol. The maximum atomic E-state index is 12.2. The largest absolute Gasteiger partial charge is 0.293 e. The zero-order valence-corrected chi connectivity index (χ0v) is 12.2. The zero-order valence-electron chi connectivity index (χ0n) is 9.78. The Hall–Kier alpha value is -1.00. The van der Waals surface area contributed by atoms with E-state index in [1.54, 1.807) is 17.5 Å². The minimum absolute atomic E-state index is 0.184. The first kappa shape index (κ1) is 12.1. The smallest absolute Gasteiger partial charge is 0.178 e. The van der Waals surface area contributed by atoms with Gasteiger partial charge in [-0.1, -0.05) is 0 Å². The first-order valence-corrected chi connectivity index (χ1v) is 7.58. The molecule has 0 fully saturated rings. The van der Waals surface area contributed by atoms with Crippen molar-refractivity contribution < 1.29 is 4.79 Å². The SMILES string of the molecule is O=C(Cc1ccc(Br)cn1)c1cc2c(s1)CCC2. The highest BCUT2D eigenvalue weighted by Gasteiger charge is 2.18. The molecule has 0 amide bonds. The number of aryl methyl sites for hydroxylation is 2. The van der Waals surface area contributed by atoms with Gasteiger partial charge in [0.15, 0.2) is 5.78 Å². The number of carbonyl (C=O) groups is 1. The van der Waals surface area contributed by atoms with Crippen LogP contribution in [0.1, 0.15) is 32.2 Å². The van der Waals surface area contributed by atoms with Crippen LogP contribution in [0, 0.1) is 0 Å². The number of hydrogen-bond donors (Lipinski definition) is 0. The molecule has 2 aromatic heterocycles. The number of nitrogens with zero attached hydrogens (tertiary/aromatic N) is 1. The minimum atomic E-state index is 0.184. The third kappa shape index (κ3) is 2.40. The molecular weight excluding hydrogens is 310 g/mol. The summed E-state index contributed by atoms with van der Waals surface area (Å²) in [7, 11) is 0. The van der Waals surface area contributed by atoms with E-state index in [4.69, 9.17) is 0 Å². The molecule has 0 bridgehead atoms. The summed E-state index contributed by atoms with van der Waals surface area (Å²) in [6.45, 7) is 0. The second kappa shape index (κ2) is 4.94. The highest BCUT2D eigenvalue weighted by molar-refractivity contribution is 9.10. The number of hydrogen-bond acceptors (Lipinski definition) is 3. The summed E-state index contributed by atoms with van der Waals surface area (Å²) < 4.78 is 0.939. The van der Waals surface area contributed by atoms with Crippen molar-refractivity contribution in [2.24, 2.45) is 0 Å². The summed E-state index contributed by atoms with van der Waals surface area (Å²) in [6, 6.07) is 5.89. The molecule has 2 aromatic rings. The molecule has 0 unspecified atom stereocenters. The van der Waals surface area contributed by atoms with Gasteiger partial charge in [0.2, 0.25) is 0 Å². The Morgan fingerprint density at radius 3 is 3.00 bits per heavy atom. The van der Waals surface area contributed by atoms with Crippen LogP contribution >= 0.6 is 27.3 Å². The number of ketones is 1. The molecule has 0 atom stereocenters. The van der Waals surface area contributed by atoms with Crippen molar-refractivity contribution in [3.05, 3.63) is 49.9 Å². The summed E-state index contributed by atoms with van der Waals surface area (Å²) in [4.78, 5) is 18.7. The van der Waals surface area contributed by atoms with E-state index >= 15 is 0 Å². The molecule has 3 rings (SSSR count). The van der Waals surface area contributed by atoms with Crippen LogP contribution < -0.4 is 0 Å². The van der Waals surface area contributed by atoms with E-state index in [2.05, 4.69) is 27.0 Å². The second-order valence-electron chi connectivity index (χ2n) is 4.48. The molecule has 2 nitrogen and oxygen atoms in total. The van der Waals surface area contributed by atoms with Crippen molar-refractivity contribution in [1.82, 2.24) is 4.98 Å². The van der Waals surface area contributed by atoms with Crippen LogP contribution in [0.25, 0.3) is 0 Å². The molecule has 1 aliphatic carbocycles. The Balaban J connectivity index is 1.76. The second-order valence-corrected chi connectivity index (χ2v) is 6.53. The summed E-state index contributed by atoms with van der Waals surface area (Å²) in [5.74, 6) is 0.184. The first-order valence-electron chi connectivity index (χ1n) is 5.97. The average Bonchev–Trinajstić information content (AvgIpc) is 2.92. The van der Waals surface area contributed by atoms with Gasteiger partial charge in [-0.3, -0.25) is 9.78 Å². The molecule has 2 heterocycles. The lowest BCUT2D eigenvalue weighted by molar-refractivity contribution is 0.0995. The highest BCUT2D eigenvalue weighted by Crippen LogP contribution is 2.31. The van der Waals surface area contributed by atoms with Gasteiger partial charge < -0.3 is 0 Å². The third-order valence-electron chi connectivity index (χ3n) is 3.15. The van der Waals surface area contributed by atoms with Gasteiger partial charge >= 0.3 is 0 Å². The number of pyridine rings is 1. The van der Waals surface area contributed by atoms with Crippen LogP contribution in [0.5, 0.6) is 0 Å². The fourth-order valence-corrected chi connectivity index (χ4v) is 3.65. The Labute approximate surface area is 118 Å². The predicted octanol–water partition coefficient (Wildman–Crippen LogP) is 3.82. The fraction of sp³-hybridized carbons (Fsp3) is 0.286. The fourth-order valence-electron chi connectivity index (χ4n) is 2.23. The van der Waals surface area contributed by atoms with Gasteiger partial charge in [-0.2, -0.15) is 0 Å². The zero-order chi connectivity index (χ0) is 12.5. The Kier molecular flexibility index (Phi) is 3.31. The molecule has 0 saturated heterocycles. The maximum absolute atomic E-state index is 12.2. The summed E-state index contributed by atoms with van der Waals surface area (Å²) in [5, 5.41) is 0. The van der Waals surface area contributed by atoms with Crippen molar-refractivity contribution in [2.45, 2.75) is 25.7 Å². The first-order chi connectivity index (χ1) is 8.72. The Morgan fingerprint density at radius 1 is 1.39 bits per heavy atom. The normalized spacial score (nSPS) is 13.6. The molecule has 18 heavy (non-hydrogen) atoms. The van der Waals surface area contributed by atoms with Crippen LogP contribution in [-0.4, -0.2) is 10.8 Å². The predicted molar refractivity (Wildman–Crippen MR) is 76.3 cm³/mol. The Morgan fingerprint density at radius 2 is 2.28 bits per heavy atom. The number of fused-ring (bicyclic) bond motifs is 1. The van der Waals surface area contributed by atoms with Gasteiger partial charge in [-0.15, -0.1) is 11.3 Å². The summed E-state index contributed by atoms with van der Waals surface area (Å²) >= 11 is 5.01. The van der Waals surface area contributed by atoms with E-state index in [1.165, 1.54) is 16.9 Å². The van der Waals surface area contributed by atoms with Crippen LogP contribution in [0.3, 0.4) is 0 Å². The number of aromatic nitrogens is 1. The molecule has 0 N–H and O–H groups in total. The topological polar surface area (TPSA) is 30.0 Å². The molecule has 0 saturated carbocycles. The molecular formula is C14H12BrNOS.